The fourth-order valence-corrected chi connectivity index (χ4v) is 2.22. The van der Waals surface area contributed by atoms with E-state index in [0.717, 1.165) is 36.0 Å². The summed E-state index contributed by atoms with van der Waals surface area (Å²) in [6.45, 7) is 0.833. The van der Waals surface area contributed by atoms with Crippen molar-refractivity contribution < 1.29 is 14.6 Å². The topological polar surface area (TPSA) is 51.6 Å². The zero-order valence-corrected chi connectivity index (χ0v) is 11.8. The minimum Gasteiger partial charge on any atom is -0.396 e. The Balaban J connectivity index is 2.00. The molecule has 100 valence electrons. The Morgan fingerprint density at radius 2 is 2.39 bits per heavy atom. The van der Waals surface area contributed by atoms with Crippen molar-refractivity contribution in [2.24, 2.45) is 0 Å². The first-order valence-electron chi connectivity index (χ1n) is 6.29. The summed E-state index contributed by atoms with van der Waals surface area (Å²) in [5.74, 6) is 0. The molecule has 1 fully saturated rings. The Morgan fingerprint density at radius 1 is 1.50 bits per heavy atom. The molecular weight excluding hydrogens is 298 g/mol. The van der Waals surface area contributed by atoms with Gasteiger partial charge in [0.2, 0.25) is 0 Å². The molecule has 18 heavy (non-hydrogen) atoms. The Hall–Kier alpha value is -0.490. The molecule has 0 amide bonds. The second-order valence-electron chi connectivity index (χ2n) is 4.33. The maximum atomic E-state index is 9.12. The van der Waals surface area contributed by atoms with Crippen molar-refractivity contribution in [1.29, 1.82) is 0 Å². The predicted molar refractivity (Wildman–Crippen MR) is 71.1 cm³/mol. The van der Waals surface area contributed by atoms with E-state index in [-0.39, 0.29) is 19.0 Å². The van der Waals surface area contributed by atoms with Gasteiger partial charge in [-0.1, -0.05) is 0 Å². The third kappa shape index (κ3) is 4.02. The van der Waals surface area contributed by atoms with Crippen LogP contribution in [-0.4, -0.2) is 29.6 Å². The van der Waals surface area contributed by atoms with E-state index < -0.39 is 0 Å². The van der Waals surface area contributed by atoms with E-state index in [0.29, 0.717) is 6.42 Å². The number of pyridine rings is 1. The summed E-state index contributed by atoms with van der Waals surface area (Å²) < 4.78 is 12.4. The van der Waals surface area contributed by atoms with Gasteiger partial charge in [-0.3, -0.25) is 4.98 Å². The van der Waals surface area contributed by atoms with Crippen LogP contribution in [0.3, 0.4) is 0 Å². The fraction of sp³-hybridized carbons (Fsp3) is 0.615. The average Bonchev–Trinajstić information content (AvgIpc) is 2.40. The van der Waals surface area contributed by atoms with Crippen molar-refractivity contribution in [2.45, 2.75) is 38.1 Å². The highest BCUT2D eigenvalue weighted by Gasteiger charge is 2.21. The van der Waals surface area contributed by atoms with E-state index in [2.05, 4.69) is 20.9 Å². The van der Waals surface area contributed by atoms with Crippen molar-refractivity contribution >= 4 is 15.9 Å². The zero-order valence-electron chi connectivity index (χ0n) is 10.2. The molecule has 0 saturated carbocycles. The van der Waals surface area contributed by atoms with E-state index in [1.165, 1.54) is 0 Å². The average molecular weight is 316 g/mol. The number of rotatable bonds is 5. The third-order valence-corrected chi connectivity index (χ3v) is 3.39. The van der Waals surface area contributed by atoms with Crippen LogP contribution >= 0.6 is 15.9 Å². The molecule has 0 aliphatic carbocycles. The van der Waals surface area contributed by atoms with Crippen LogP contribution in [0.4, 0.5) is 0 Å². The fourth-order valence-electron chi connectivity index (χ4n) is 1.98. The standard InChI is InChI=1S/C13H18BrNO3/c14-10-4-5-11(15-9-10)12(6-7-16)18-13-3-1-2-8-17-13/h4-5,9,12-13,16H,1-3,6-8H2. The molecule has 0 spiro atoms. The molecule has 1 aromatic heterocycles. The van der Waals surface area contributed by atoms with Gasteiger partial charge >= 0.3 is 0 Å². The first-order valence-corrected chi connectivity index (χ1v) is 7.08. The molecule has 1 aromatic rings. The van der Waals surface area contributed by atoms with E-state index in [1.807, 2.05) is 12.1 Å². The first kappa shape index (κ1) is 13.9. The van der Waals surface area contributed by atoms with Crippen molar-refractivity contribution in [3.63, 3.8) is 0 Å². The van der Waals surface area contributed by atoms with Gasteiger partial charge in [0.05, 0.1) is 5.69 Å². The SMILES string of the molecule is OCCC(OC1CCCCO1)c1ccc(Br)cn1. The van der Waals surface area contributed by atoms with Crippen LogP contribution in [0, 0.1) is 0 Å². The van der Waals surface area contributed by atoms with Gasteiger partial charge in [-0.05, 0) is 47.3 Å². The van der Waals surface area contributed by atoms with Gasteiger partial charge in [0.25, 0.3) is 0 Å². The molecular formula is C13H18BrNO3. The highest BCUT2D eigenvalue weighted by atomic mass is 79.9. The summed E-state index contributed by atoms with van der Waals surface area (Å²) >= 11 is 3.35. The molecule has 0 bridgehead atoms. The highest BCUT2D eigenvalue weighted by molar-refractivity contribution is 9.10. The lowest BCUT2D eigenvalue weighted by Crippen LogP contribution is -2.25. The van der Waals surface area contributed by atoms with Crippen molar-refractivity contribution in [3.8, 4) is 0 Å². The van der Waals surface area contributed by atoms with Crippen LogP contribution in [0.15, 0.2) is 22.8 Å². The summed E-state index contributed by atoms with van der Waals surface area (Å²) in [5, 5.41) is 9.12. The van der Waals surface area contributed by atoms with Crippen LogP contribution in [0.25, 0.3) is 0 Å². The van der Waals surface area contributed by atoms with E-state index in [4.69, 9.17) is 14.6 Å². The van der Waals surface area contributed by atoms with Crippen LogP contribution in [0.2, 0.25) is 0 Å². The third-order valence-electron chi connectivity index (χ3n) is 2.93. The van der Waals surface area contributed by atoms with Crippen LogP contribution in [-0.2, 0) is 9.47 Å². The molecule has 2 unspecified atom stereocenters. The Bertz CT molecular complexity index is 352. The van der Waals surface area contributed by atoms with Gasteiger partial charge in [-0.2, -0.15) is 0 Å². The largest absolute Gasteiger partial charge is 0.396 e. The molecule has 0 aromatic carbocycles. The monoisotopic (exact) mass is 315 g/mol. The number of hydrogen-bond donors (Lipinski definition) is 1. The normalized spacial score (nSPS) is 21.8. The van der Waals surface area contributed by atoms with Gasteiger partial charge in [0.15, 0.2) is 6.29 Å². The molecule has 5 heteroatoms. The Kier molecular flexibility index (Phi) is 5.56. The van der Waals surface area contributed by atoms with Crippen LogP contribution < -0.4 is 0 Å². The van der Waals surface area contributed by atoms with Gasteiger partial charge in [-0.25, -0.2) is 0 Å². The molecule has 1 aliphatic rings. The molecule has 2 rings (SSSR count). The summed E-state index contributed by atoms with van der Waals surface area (Å²) in [5.41, 5.74) is 0.835. The van der Waals surface area contributed by atoms with Gasteiger partial charge in [0.1, 0.15) is 6.10 Å². The number of ether oxygens (including phenoxy) is 2. The molecule has 2 heterocycles. The minimum absolute atomic E-state index is 0.0785. The summed E-state index contributed by atoms with van der Waals surface area (Å²) in [6, 6.07) is 3.84. The van der Waals surface area contributed by atoms with E-state index in [9.17, 15) is 0 Å². The smallest absolute Gasteiger partial charge is 0.158 e. The van der Waals surface area contributed by atoms with Gasteiger partial charge in [0, 0.05) is 30.3 Å². The van der Waals surface area contributed by atoms with E-state index in [1.54, 1.807) is 6.20 Å². The highest BCUT2D eigenvalue weighted by Crippen LogP contribution is 2.25. The lowest BCUT2D eigenvalue weighted by Gasteiger charge is -2.27. The zero-order chi connectivity index (χ0) is 12.8. The van der Waals surface area contributed by atoms with Crippen LogP contribution in [0.5, 0.6) is 0 Å². The molecule has 0 radical (unpaired) electrons. The number of halogens is 1. The number of aliphatic hydroxyl groups is 1. The molecule has 1 saturated heterocycles. The second-order valence-corrected chi connectivity index (χ2v) is 5.25. The first-order chi connectivity index (χ1) is 8.79. The summed E-state index contributed by atoms with van der Waals surface area (Å²) in [7, 11) is 0. The van der Waals surface area contributed by atoms with Crippen molar-refractivity contribution in [3.05, 3.63) is 28.5 Å². The lowest BCUT2D eigenvalue weighted by molar-refractivity contribution is -0.193. The maximum Gasteiger partial charge on any atom is 0.158 e. The molecule has 1 N–H and O–H groups in total. The second kappa shape index (κ2) is 7.19. The summed E-state index contributed by atoms with van der Waals surface area (Å²) in [6.07, 6.45) is 5.05. The van der Waals surface area contributed by atoms with Crippen LogP contribution in [0.1, 0.15) is 37.5 Å². The number of hydrogen-bond acceptors (Lipinski definition) is 4. The minimum atomic E-state index is -0.203. The summed E-state index contributed by atoms with van der Waals surface area (Å²) in [4.78, 5) is 4.32. The Labute approximate surface area is 115 Å². The Morgan fingerprint density at radius 3 is 3.00 bits per heavy atom. The van der Waals surface area contributed by atoms with Crippen molar-refractivity contribution in [2.75, 3.05) is 13.2 Å². The quantitative estimate of drug-likeness (QED) is 0.907. The molecule has 4 nitrogen and oxygen atoms in total. The van der Waals surface area contributed by atoms with Gasteiger partial charge < -0.3 is 14.6 Å². The number of aromatic nitrogens is 1. The number of aliphatic hydroxyl groups excluding tert-OH is 1. The number of nitrogens with zero attached hydrogens (tertiary/aromatic N) is 1. The molecule has 1 aliphatic heterocycles. The lowest BCUT2D eigenvalue weighted by atomic mass is 10.1. The maximum absolute atomic E-state index is 9.12. The van der Waals surface area contributed by atoms with Gasteiger partial charge in [-0.15, -0.1) is 0 Å². The van der Waals surface area contributed by atoms with Crippen molar-refractivity contribution in [1.82, 2.24) is 4.98 Å². The molecule has 2 atom stereocenters. The van der Waals surface area contributed by atoms with E-state index >= 15 is 0 Å². The predicted octanol–water partition coefficient (Wildman–Crippen LogP) is 2.81.